The van der Waals surface area contributed by atoms with Gasteiger partial charge in [0, 0.05) is 24.9 Å². The lowest BCUT2D eigenvalue weighted by Crippen LogP contribution is -2.54. The number of rotatable bonds is 1. The van der Waals surface area contributed by atoms with Crippen LogP contribution in [0.3, 0.4) is 0 Å². The first-order valence-corrected chi connectivity index (χ1v) is 5.15. The SMILES string of the molecule is C#CC(C)(C)N1C[C@@H](C)C(=O)C[C@@H]1C. The molecule has 1 aliphatic rings. The van der Waals surface area contributed by atoms with Gasteiger partial charge in [0.1, 0.15) is 5.78 Å². The Balaban J connectivity index is 2.82. The van der Waals surface area contributed by atoms with Gasteiger partial charge in [0.25, 0.3) is 0 Å². The maximum Gasteiger partial charge on any atom is 0.138 e. The first-order chi connectivity index (χ1) is 6.38. The molecule has 0 amide bonds. The summed E-state index contributed by atoms with van der Waals surface area (Å²) in [6.07, 6.45) is 6.13. The summed E-state index contributed by atoms with van der Waals surface area (Å²) in [5, 5.41) is 0. The number of hydrogen-bond donors (Lipinski definition) is 0. The van der Waals surface area contributed by atoms with E-state index in [4.69, 9.17) is 6.42 Å². The van der Waals surface area contributed by atoms with Gasteiger partial charge in [0.15, 0.2) is 0 Å². The van der Waals surface area contributed by atoms with Crippen molar-refractivity contribution in [1.29, 1.82) is 0 Å². The second-order valence-electron chi connectivity index (χ2n) is 4.78. The first-order valence-electron chi connectivity index (χ1n) is 5.15. The predicted octanol–water partition coefficient (Wildman–Crippen LogP) is 1.70. The molecule has 0 bridgehead atoms. The van der Waals surface area contributed by atoms with Crippen LogP contribution < -0.4 is 0 Å². The lowest BCUT2D eigenvalue weighted by atomic mass is 9.89. The fraction of sp³-hybridized carbons (Fsp3) is 0.750. The molecule has 2 nitrogen and oxygen atoms in total. The van der Waals surface area contributed by atoms with Gasteiger partial charge in [-0.05, 0) is 20.8 Å². The van der Waals surface area contributed by atoms with Crippen molar-refractivity contribution < 1.29 is 4.79 Å². The molecule has 2 atom stereocenters. The Morgan fingerprint density at radius 3 is 2.57 bits per heavy atom. The Kier molecular flexibility index (Phi) is 3.01. The van der Waals surface area contributed by atoms with Crippen LogP contribution in [0.25, 0.3) is 0 Å². The number of ketones is 1. The topological polar surface area (TPSA) is 20.3 Å². The number of nitrogens with zero attached hydrogens (tertiary/aromatic N) is 1. The standard InChI is InChI=1S/C12H19NO/c1-6-12(4,5)13-8-9(2)11(14)7-10(13)3/h1,9-10H,7-8H2,2-5H3/t9-,10+/m1/s1. The molecule has 0 radical (unpaired) electrons. The van der Waals surface area contributed by atoms with Gasteiger partial charge in [-0.1, -0.05) is 12.8 Å². The average Bonchev–Trinajstić information content (AvgIpc) is 2.11. The average molecular weight is 193 g/mol. The summed E-state index contributed by atoms with van der Waals surface area (Å²) in [7, 11) is 0. The molecule has 0 spiro atoms. The Morgan fingerprint density at radius 2 is 2.07 bits per heavy atom. The van der Waals surface area contributed by atoms with E-state index in [1.54, 1.807) is 0 Å². The second-order valence-corrected chi connectivity index (χ2v) is 4.78. The van der Waals surface area contributed by atoms with Crippen LogP contribution in [0.5, 0.6) is 0 Å². The number of piperidine rings is 1. The molecule has 1 saturated heterocycles. The summed E-state index contributed by atoms with van der Waals surface area (Å²) >= 11 is 0. The first kappa shape index (κ1) is 11.3. The van der Waals surface area contributed by atoms with Crippen LogP contribution in [0.4, 0.5) is 0 Å². The van der Waals surface area contributed by atoms with Gasteiger partial charge in [-0.15, -0.1) is 6.42 Å². The van der Waals surface area contributed by atoms with Crippen LogP contribution in [-0.2, 0) is 4.79 Å². The van der Waals surface area contributed by atoms with E-state index >= 15 is 0 Å². The number of hydrogen-bond acceptors (Lipinski definition) is 2. The Morgan fingerprint density at radius 1 is 1.50 bits per heavy atom. The van der Waals surface area contributed by atoms with Gasteiger partial charge >= 0.3 is 0 Å². The number of carbonyl (C=O) groups is 1. The van der Waals surface area contributed by atoms with Crippen molar-refractivity contribution in [2.75, 3.05) is 6.54 Å². The Labute approximate surface area is 86.7 Å². The number of terminal acetylenes is 1. The summed E-state index contributed by atoms with van der Waals surface area (Å²) in [4.78, 5) is 13.7. The van der Waals surface area contributed by atoms with Gasteiger partial charge in [0.05, 0.1) is 5.54 Å². The molecule has 0 saturated carbocycles. The highest BCUT2D eigenvalue weighted by Crippen LogP contribution is 2.26. The van der Waals surface area contributed by atoms with E-state index in [1.807, 2.05) is 20.8 Å². The molecule has 1 fully saturated rings. The van der Waals surface area contributed by atoms with E-state index in [0.717, 1.165) is 6.54 Å². The molecule has 1 heterocycles. The summed E-state index contributed by atoms with van der Waals surface area (Å²) in [6, 6.07) is 0.268. The van der Waals surface area contributed by atoms with E-state index in [0.29, 0.717) is 12.2 Å². The molecule has 0 aliphatic carbocycles. The minimum absolute atomic E-state index is 0.124. The molecule has 0 unspecified atom stereocenters. The van der Waals surface area contributed by atoms with Crippen LogP contribution in [-0.4, -0.2) is 28.8 Å². The summed E-state index contributed by atoms with van der Waals surface area (Å²) in [5.74, 6) is 3.28. The Hall–Kier alpha value is -0.810. The number of carbonyl (C=O) groups excluding carboxylic acids is 1. The second kappa shape index (κ2) is 3.74. The minimum Gasteiger partial charge on any atom is -0.299 e. The highest BCUT2D eigenvalue weighted by atomic mass is 16.1. The van der Waals surface area contributed by atoms with Crippen molar-refractivity contribution in [1.82, 2.24) is 4.90 Å². The third-order valence-electron chi connectivity index (χ3n) is 3.12. The number of likely N-dealkylation sites (tertiary alicyclic amines) is 1. The van der Waals surface area contributed by atoms with Gasteiger partial charge in [0.2, 0.25) is 0 Å². The van der Waals surface area contributed by atoms with E-state index < -0.39 is 0 Å². The zero-order chi connectivity index (χ0) is 10.9. The largest absolute Gasteiger partial charge is 0.299 e. The van der Waals surface area contributed by atoms with Crippen LogP contribution in [0.15, 0.2) is 0 Å². The van der Waals surface area contributed by atoms with E-state index in [1.165, 1.54) is 0 Å². The lowest BCUT2D eigenvalue weighted by molar-refractivity contribution is -0.128. The smallest absolute Gasteiger partial charge is 0.138 e. The lowest BCUT2D eigenvalue weighted by Gasteiger charge is -2.43. The molecule has 0 aromatic carbocycles. The molecule has 14 heavy (non-hydrogen) atoms. The fourth-order valence-electron chi connectivity index (χ4n) is 2.04. The van der Waals surface area contributed by atoms with Gasteiger partial charge < -0.3 is 0 Å². The monoisotopic (exact) mass is 193 g/mol. The molecule has 2 heteroatoms. The van der Waals surface area contributed by atoms with Crippen molar-refractivity contribution in [3.05, 3.63) is 0 Å². The van der Waals surface area contributed by atoms with Crippen molar-refractivity contribution in [3.63, 3.8) is 0 Å². The Bertz CT molecular complexity index is 275. The van der Waals surface area contributed by atoms with Gasteiger partial charge in [-0.25, -0.2) is 0 Å². The van der Waals surface area contributed by atoms with Crippen LogP contribution in [0.1, 0.15) is 34.1 Å². The molecule has 1 rings (SSSR count). The highest BCUT2D eigenvalue weighted by Gasteiger charge is 2.36. The number of Topliss-reactive ketones (excluding diaryl/α,β-unsaturated/α-hetero) is 1. The van der Waals surface area contributed by atoms with Crippen LogP contribution >= 0.6 is 0 Å². The molecule has 0 aromatic heterocycles. The molecule has 0 N–H and O–H groups in total. The summed E-state index contributed by atoms with van der Waals surface area (Å²) < 4.78 is 0. The van der Waals surface area contributed by atoms with Gasteiger partial charge in [-0.3, -0.25) is 9.69 Å². The molecular weight excluding hydrogens is 174 g/mol. The van der Waals surface area contributed by atoms with Crippen molar-refractivity contribution in [2.45, 2.75) is 45.7 Å². The molecule has 0 aromatic rings. The summed E-state index contributed by atoms with van der Waals surface area (Å²) in [5.41, 5.74) is -0.242. The minimum atomic E-state index is -0.242. The maximum absolute atomic E-state index is 11.5. The summed E-state index contributed by atoms with van der Waals surface area (Å²) in [6.45, 7) is 8.91. The third-order valence-corrected chi connectivity index (χ3v) is 3.12. The van der Waals surface area contributed by atoms with E-state index in [2.05, 4.69) is 17.7 Å². The van der Waals surface area contributed by atoms with Crippen LogP contribution in [0, 0.1) is 18.3 Å². The zero-order valence-electron chi connectivity index (χ0n) is 9.50. The predicted molar refractivity (Wildman–Crippen MR) is 57.9 cm³/mol. The van der Waals surface area contributed by atoms with Crippen molar-refractivity contribution in [3.8, 4) is 12.3 Å². The molecule has 78 valence electrons. The highest BCUT2D eigenvalue weighted by molar-refractivity contribution is 5.82. The fourth-order valence-corrected chi connectivity index (χ4v) is 2.04. The molecule has 1 aliphatic heterocycles. The van der Waals surface area contributed by atoms with E-state index in [-0.39, 0.29) is 17.5 Å². The quantitative estimate of drug-likeness (QED) is 0.591. The zero-order valence-corrected chi connectivity index (χ0v) is 9.50. The van der Waals surface area contributed by atoms with Crippen LogP contribution in [0.2, 0.25) is 0 Å². The van der Waals surface area contributed by atoms with Gasteiger partial charge in [-0.2, -0.15) is 0 Å². The molecular formula is C12H19NO. The third kappa shape index (κ3) is 1.99. The maximum atomic E-state index is 11.5. The van der Waals surface area contributed by atoms with Crippen molar-refractivity contribution >= 4 is 5.78 Å². The normalized spacial score (nSPS) is 30.1. The van der Waals surface area contributed by atoms with Crippen molar-refractivity contribution in [2.24, 2.45) is 5.92 Å². The van der Waals surface area contributed by atoms with E-state index in [9.17, 15) is 4.79 Å².